The van der Waals surface area contributed by atoms with E-state index in [1.165, 1.54) is 0 Å². The van der Waals surface area contributed by atoms with Gasteiger partial charge in [0.15, 0.2) is 0 Å². The first-order valence-electron chi connectivity index (χ1n) is 12.0. The third kappa shape index (κ3) is 6.11. The lowest BCUT2D eigenvalue weighted by Gasteiger charge is -2.37. The van der Waals surface area contributed by atoms with Crippen molar-refractivity contribution < 1.29 is 19.4 Å². The molecule has 4 rings (SSSR count). The van der Waals surface area contributed by atoms with Crippen LogP contribution in [0.1, 0.15) is 42.6 Å². The van der Waals surface area contributed by atoms with E-state index >= 15 is 0 Å². The number of aliphatic hydroxyl groups excluding tert-OH is 1. The second-order valence-electron chi connectivity index (χ2n) is 9.42. The van der Waals surface area contributed by atoms with Gasteiger partial charge in [0.1, 0.15) is 11.7 Å². The lowest BCUT2D eigenvalue weighted by molar-refractivity contribution is 0.0356. The van der Waals surface area contributed by atoms with Crippen LogP contribution < -0.4 is 10.1 Å². The SMILES string of the molecule is C[C@@H]1CN([C@H](C)CO)C(=O)c2cc(C#CC3CC3)cnc2O[C@H]1CN(C)C(=O)Nc1ccccc1. The Morgan fingerprint density at radius 2 is 2.09 bits per heavy atom. The summed E-state index contributed by atoms with van der Waals surface area (Å²) < 4.78 is 6.25. The van der Waals surface area contributed by atoms with E-state index in [4.69, 9.17) is 4.74 Å². The molecule has 1 aliphatic carbocycles. The molecule has 1 aromatic heterocycles. The first kappa shape index (κ1) is 24.6. The summed E-state index contributed by atoms with van der Waals surface area (Å²) in [5, 5.41) is 12.7. The number of rotatable bonds is 5. The van der Waals surface area contributed by atoms with Crippen molar-refractivity contribution in [3.63, 3.8) is 0 Å². The Morgan fingerprint density at radius 1 is 1.34 bits per heavy atom. The van der Waals surface area contributed by atoms with Gasteiger partial charge in [-0.25, -0.2) is 9.78 Å². The van der Waals surface area contributed by atoms with Crippen molar-refractivity contribution in [1.82, 2.24) is 14.8 Å². The smallest absolute Gasteiger partial charge is 0.321 e. The number of likely N-dealkylation sites (N-methyl/N-ethyl adjacent to an activating group) is 1. The second kappa shape index (κ2) is 10.8. The molecular formula is C27H32N4O4. The molecule has 0 spiro atoms. The Balaban J connectivity index is 1.58. The van der Waals surface area contributed by atoms with Crippen molar-refractivity contribution in [2.24, 2.45) is 11.8 Å². The number of pyridine rings is 1. The van der Waals surface area contributed by atoms with Gasteiger partial charge < -0.3 is 25.0 Å². The Kier molecular flexibility index (Phi) is 7.57. The standard InChI is InChI=1S/C27H32N4O4/c1-18-15-31(19(2)17-32)26(33)23-13-21(12-11-20-9-10-20)14-28-25(23)35-24(18)16-30(3)27(34)29-22-7-5-4-6-8-22/h4-8,13-14,18-20,24,32H,9-10,15-17H2,1-3H3,(H,29,34)/t18-,19-,24+/m1/s1. The highest BCUT2D eigenvalue weighted by atomic mass is 16.5. The van der Waals surface area contributed by atoms with Crippen LogP contribution in [0.25, 0.3) is 0 Å². The molecule has 0 unspecified atom stereocenters. The summed E-state index contributed by atoms with van der Waals surface area (Å²) in [7, 11) is 1.71. The van der Waals surface area contributed by atoms with Crippen LogP contribution in [0.4, 0.5) is 10.5 Å². The summed E-state index contributed by atoms with van der Waals surface area (Å²) in [6.07, 6.45) is 3.43. The molecule has 0 bridgehead atoms. The fraction of sp³-hybridized carbons (Fsp3) is 0.444. The minimum Gasteiger partial charge on any atom is -0.472 e. The highest BCUT2D eigenvalue weighted by molar-refractivity contribution is 5.97. The number of nitrogens with one attached hydrogen (secondary N) is 1. The average molecular weight is 477 g/mol. The van der Waals surface area contributed by atoms with E-state index in [1.54, 1.807) is 29.1 Å². The Hall–Kier alpha value is -3.57. The molecule has 184 valence electrons. The molecule has 3 amide bonds. The van der Waals surface area contributed by atoms with E-state index in [-0.39, 0.29) is 36.4 Å². The molecule has 1 fully saturated rings. The number of ether oxygens (including phenoxy) is 1. The van der Waals surface area contributed by atoms with Crippen LogP contribution in [0.3, 0.4) is 0 Å². The van der Waals surface area contributed by atoms with Gasteiger partial charge in [-0.2, -0.15) is 0 Å². The van der Waals surface area contributed by atoms with Crippen molar-refractivity contribution in [3.8, 4) is 17.7 Å². The van der Waals surface area contributed by atoms with E-state index in [9.17, 15) is 14.7 Å². The summed E-state index contributed by atoms with van der Waals surface area (Å²) in [6.45, 7) is 4.29. The van der Waals surface area contributed by atoms with Gasteiger partial charge in [-0.05, 0) is 38.0 Å². The van der Waals surface area contributed by atoms with Crippen LogP contribution in [0.5, 0.6) is 5.88 Å². The van der Waals surface area contributed by atoms with Crippen LogP contribution in [0, 0.1) is 23.7 Å². The number of hydrogen-bond donors (Lipinski definition) is 2. The van der Waals surface area contributed by atoms with Crippen LogP contribution in [-0.2, 0) is 0 Å². The molecule has 2 aliphatic rings. The van der Waals surface area contributed by atoms with E-state index in [2.05, 4.69) is 22.1 Å². The molecule has 1 aliphatic heterocycles. The number of fused-ring (bicyclic) bond motifs is 1. The average Bonchev–Trinajstić information content (AvgIpc) is 3.69. The molecule has 1 saturated carbocycles. The molecule has 8 heteroatoms. The first-order chi connectivity index (χ1) is 16.9. The first-order valence-corrected chi connectivity index (χ1v) is 12.0. The Labute approximate surface area is 206 Å². The summed E-state index contributed by atoms with van der Waals surface area (Å²) in [6, 6.07) is 10.3. The van der Waals surface area contributed by atoms with E-state index < -0.39 is 6.10 Å². The van der Waals surface area contributed by atoms with E-state index in [0.717, 1.165) is 12.8 Å². The number of aliphatic hydroxyl groups is 1. The Morgan fingerprint density at radius 3 is 2.77 bits per heavy atom. The van der Waals surface area contributed by atoms with Crippen LogP contribution in [-0.4, -0.2) is 70.7 Å². The van der Waals surface area contributed by atoms with Crippen molar-refractivity contribution in [3.05, 3.63) is 53.7 Å². The number of hydrogen-bond acceptors (Lipinski definition) is 5. The molecular weight excluding hydrogens is 444 g/mol. The normalized spacial score (nSPS) is 20.3. The number of carbonyl (C=O) groups is 2. The lowest BCUT2D eigenvalue weighted by atomic mass is 10.00. The number of amides is 3. The zero-order chi connectivity index (χ0) is 24.9. The largest absolute Gasteiger partial charge is 0.472 e. The third-order valence-corrected chi connectivity index (χ3v) is 6.34. The van der Waals surface area contributed by atoms with Gasteiger partial charge in [0, 0.05) is 42.9 Å². The van der Waals surface area contributed by atoms with Crippen LogP contribution in [0.15, 0.2) is 42.6 Å². The maximum absolute atomic E-state index is 13.5. The zero-order valence-electron chi connectivity index (χ0n) is 20.4. The monoisotopic (exact) mass is 476 g/mol. The zero-order valence-corrected chi connectivity index (χ0v) is 20.4. The Bertz CT molecular complexity index is 1120. The molecule has 2 N–H and O–H groups in total. The van der Waals surface area contributed by atoms with Gasteiger partial charge in [0.2, 0.25) is 5.88 Å². The molecule has 3 atom stereocenters. The van der Waals surface area contributed by atoms with Gasteiger partial charge in [-0.1, -0.05) is 37.0 Å². The predicted molar refractivity (Wildman–Crippen MR) is 133 cm³/mol. The minimum atomic E-state index is -0.419. The quantitative estimate of drug-likeness (QED) is 0.646. The molecule has 1 aromatic carbocycles. The number of aromatic nitrogens is 1. The van der Waals surface area contributed by atoms with Gasteiger partial charge in [-0.15, -0.1) is 0 Å². The van der Waals surface area contributed by atoms with Crippen LogP contribution in [0.2, 0.25) is 0 Å². The summed E-state index contributed by atoms with van der Waals surface area (Å²) in [4.78, 5) is 33.9. The van der Waals surface area contributed by atoms with Gasteiger partial charge in [0.25, 0.3) is 5.91 Å². The molecule has 8 nitrogen and oxygen atoms in total. The summed E-state index contributed by atoms with van der Waals surface area (Å²) in [5.74, 6) is 6.59. The highest BCUT2D eigenvalue weighted by Crippen LogP contribution is 2.29. The maximum atomic E-state index is 13.5. The summed E-state index contributed by atoms with van der Waals surface area (Å²) >= 11 is 0. The lowest BCUT2D eigenvalue weighted by Crippen LogP contribution is -2.50. The molecule has 0 saturated heterocycles. The minimum absolute atomic E-state index is 0.121. The number of para-hydroxylation sites is 1. The predicted octanol–water partition coefficient (Wildman–Crippen LogP) is 3.23. The number of urea groups is 1. The number of benzene rings is 1. The number of nitrogens with zero attached hydrogens (tertiary/aromatic N) is 3. The van der Waals surface area contributed by atoms with Gasteiger partial charge in [-0.3, -0.25) is 4.79 Å². The maximum Gasteiger partial charge on any atom is 0.321 e. The van der Waals surface area contributed by atoms with Crippen molar-refractivity contribution >= 4 is 17.6 Å². The number of carbonyl (C=O) groups excluding carboxylic acids is 2. The highest BCUT2D eigenvalue weighted by Gasteiger charge is 2.34. The molecule has 35 heavy (non-hydrogen) atoms. The fourth-order valence-corrected chi connectivity index (χ4v) is 3.89. The van der Waals surface area contributed by atoms with Gasteiger partial charge >= 0.3 is 6.03 Å². The van der Waals surface area contributed by atoms with Crippen LogP contribution >= 0.6 is 0 Å². The van der Waals surface area contributed by atoms with Crippen molar-refractivity contribution in [2.75, 3.05) is 32.1 Å². The van der Waals surface area contributed by atoms with E-state index in [0.29, 0.717) is 35.8 Å². The third-order valence-electron chi connectivity index (χ3n) is 6.34. The molecule has 0 radical (unpaired) electrons. The second-order valence-corrected chi connectivity index (χ2v) is 9.42. The van der Waals surface area contributed by atoms with Crippen molar-refractivity contribution in [2.45, 2.75) is 38.8 Å². The molecule has 2 heterocycles. The fourth-order valence-electron chi connectivity index (χ4n) is 3.89. The topological polar surface area (TPSA) is 95.0 Å². The number of anilines is 1. The molecule has 2 aromatic rings. The summed E-state index contributed by atoms with van der Waals surface area (Å²) in [5.41, 5.74) is 1.69. The van der Waals surface area contributed by atoms with Crippen molar-refractivity contribution in [1.29, 1.82) is 0 Å². The van der Waals surface area contributed by atoms with Gasteiger partial charge in [0.05, 0.1) is 19.2 Å². The van der Waals surface area contributed by atoms with E-state index in [1.807, 2.05) is 44.2 Å².